The fraction of sp³-hybridized carbons (Fsp3) is 0.188. The van der Waals surface area contributed by atoms with Crippen molar-refractivity contribution >= 4 is 30.0 Å². The lowest BCUT2D eigenvalue weighted by Crippen LogP contribution is -2.21. The summed E-state index contributed by atoms with van der Waals surface area (Å²) in [6, 6.07) is 21.9. The third kappa shape index (κ3) is 4.76. The van der Waals surface area contributed by atoms with Crippen LogP contribution >= 0.6 is 7.80 Å². The van der Waals surface area contributed by atoms with Crippen LogP contribution in [0.2, 0.25) is 0 Å². The molecule has 3 nitrogen and oxygen atoms in total. The number of rotatable bonds is 6. The molecule has 4 rings (SSSR count). The van der Waals surface area contributed by atoms with Crippen molar-refractivity contribution in [1.82, 2.24) is 0 Å². The second kappa shape index (κ2) is 10.2. The molecule has 0 atom stereocenters. The first-order valence-electron chi connectivity index (χ1n) is 12.1. The van der Waals surface area contributed by atoms with Gasteiger partial charge in [0.2, 0.25) is 0 Å². The lowest BCUT2D eigenvalue weighted by atomic mass is 9.95. The highest BCUT2D eigenvalue weighted by molar-refractivity contribution is 7.62. The van der Waals surface area contributed by atoms with Crippen molar-refractivity contribution in [3.05, 3.63) is 128 Å². The molecule has 0 saturated heterocycles. The SMILES string of the molecule is Cc1cc(C)c(C(=O)c2ccccc2[PH](=O)c2ccccc2C(=O)c2cc(C)c(C)cc2C)cc1C. The molecule has 36 heavy (non-hydrogen) atoms. The van der Waals surface area contributed by atoms with E-state index in [-0.39, 0.29) is 11.6 Å². The summed E-state index contributed by atoms with van der Waals surface area (Å²) in [4.78, 5) is 27.3. The summed E-state index contributed by atoms with van der Waals surface area (Å²) >= 11 is 0. The van der Waals surface area contributed by atoms with Crippen molar-refractivity contribution < 1.29 is 14.2 Å². The van der Waals surface area contributed by atoms with E-state index in [4.69, 9.17) is 0 Å². The Morgan fingerprint density at radius 2 is 0.806 bits per heavy atom. The first-order chi connectivity index (χ1) is 17.1. The maximum Gasteiger partial charge on any atom is 0.194 e. The molecule has 0 saturated carbocycles. The monoisotopic (exact) mass is 494 g/mol. The van der Waals surface area contributed by atoms with E-state index in [1.54, 1.807) is 48.5 Å². The predicted molar refractivity (Wildman–Crippen MR) is 149 cm³/mol. The summed E-state index contributed by atoms with van der Waals surface area (Å²) in [5, 5.41) is 0.948. The lowest BCUT2D eigenvalue weighted by molar-refractivity contribution is 0.103. The Labute approximate surface area is 214 Å². The average molecular weight is 495 g/mol. The van der Waals surface area contributed by atoms with Crippen molar-refractivity contribution in [3.8, 4) is 0 Å². The number of hydrogen-bond donors (Lipinski definition) is 0. The van der Waals surface area contributed by atoms with Crippen molar-refractivity contribution in [1.29, 1.82) is 0 Å². The number of ketones is 2. The summed E-state index contributed by atoms with van der Waals surface area (Å²) in [6.45, 7) is 11.9. The summed E-state index contributed by atoms with van der Waals surface area (Å²) in [5.74, 6) is -0.309. The van der Waals surface area contributed by atoms with Gasteiger partial charge in [-0.3, -0.25) is 9.59 Å². The standard InChI is InChI=1S/C32H31O3P/c1-19-15-23(5)27(17-21(19)3)31(33)25-11-7-9-13-29(25)36(35)30-14-10-8-12-26(30)32(34)28-18-22(4)20(2)16-24(28)6/h7-18,36H,1-6H3. The molecular formula is C32H31O3P. The van der Waals surface area contributed by atoms with Gasteiger partial charge in [0.15, 0.2) is 11.6 Å². The van der Waals surface area contributed by atoms with E-state index in [0.717, 1.165) is 33.4 Å². The maximum atomic E-state index is 14.1. The second-order valence-corrected chi connectivity index (χ2v) is 11.3. The smallest absolute Gasteiger partial charge is 0.194 e. The molecule has 0 radical (unpaired) electrons. The lowest BCUT2D eigenvalue weighted by Gasteiger charge is -2.15. The van der Waals surface area contributed by atoms with Crippen LogP contribution in [0, 0.1) is 41.5 Å². The van der Waals surface area contributed by atoms with E-state index >= 15 is 0 Å². The highest BCUT2D eigenvalue weighted by Gasteiger charge is 2.24. The van der Waals surface area contributed by atoms with Gasteiger partial charge in [0.05, 0.1) is 0 Å². The Morgan fingerprint density at radius 1 is 0.472 bits per heavy atom. The van der Waals surface area contributed by atoms with Crippen molar-refractivity contribution in [2.75, 3.05) is 0 Å². The minimum Gasteiger partial charge on any atom is -0.317 e. The van der Waals surface area contributed by atoms with Crippen LogP contribution in [0.4, 0.5) is 0 Å². The van der Waals surface area contributed by atoms with E-state index in [9.17, 15) is 14.2 Å². The molecule has 0 bridgehead atoms. The highest BCUT2D eigenvalue weighted by atomic mass is 31.1. The largest absolute Gasteiger partial charge is 0.317 e. The quantitative estimate of drug-likeness (QED) is 0.227. The predicted octanol–water partition coefficient (Wildman–Crippen LogP) is 6.51. The van der Waals surface area contributed by atoms with Gasteiger partial charge in [-0.1, -0.05) is 60.7 Å². The second-order valence-electron chi connectivity index (χ2n) is 9.58. The van der Waals surface area contributed by atoms with E-state index in [0.29, 0.717) is 32.9 Å². The Kier molecular flexibility index (Phi) is 7.24. The van der Waals surface area contributed by atoms with Crippen LogP contribution in [0.5, 0.6) is 0 Å². The van der Waals surface area contributed by atoms with E-state index in [1.807, 2.05) is 65.8 Å². The fourth-order valence-corrected chi connectivity index (χ4v) is 6.27. The van der Waals surface area contributed by atoms with E-state index in [1.165, 1.54) is 0 Å². The Bertz CT molecular complexity index is 1430. The van der Waals surface area contributed by atoms with Gasteiger partial charge in [-0.2, -0.15) is 0 Å². The van der Waals surface area contributed by atoms with Crippen LogP contribution in [0.25, 0.3) is 0 Å². The van der Waals surface area contributed by atoms with Gasteiger partial charge in [0, 0.05) is 32.9 Å². The summed E-state index contributed by atoms with van der Waals surface area (Å²) in [5.41, 5.74) is 8.14. The molecule has 0 fully saturated rings. The van der Waals surface area contributed by atoms with Crippen LogP contribution < -0.4 is 10.6 Å². The number of carbonyl (C=O) groups is 2. The molecule has 4 aromatic rings. The molecule has 0 unspecified atom stereocenters. The molecule has 0 aromatic heterocycles. The molecule has 0 heterocycles. The minimum atomic E-state index is -2.66. The molecule has 0 spiro atoms. The van der Waals surface area contributed by atoms with E-state index < -0.39 is 7.80 Å². The van der Waals surface area contributed by atoms with E-state index in [2.05, 4.69) is 0 Å². The van der Waals surface area contributed by atoms with Gasteiger partial charge in [0.25, 0.3) is 0 Å². The highest BCUT2D eigenvalue weighted by Crippen LogP contribution is 2.28. The Morgan fingerprint density at radius 3 is 1.19 bits per heavy atom. The molecule has 0 aliphatic rings. The zero-order chi connectivity index (χ0) is 26.1. The molecule has 0 aliphatic carbocycles. The normalized spacial score (nSPS) is 11.1. The van der Waals surface area contributed by atoms with Crippen LogP contribution in [-0.2, 0) is 4.57 Å². The van der Waals surface area contributed by atoms with Gasteiger partial charge >= 0.3 is 0 Å². The van der Waals surface area contributed by atoms with Gasteiger partial charge in [-0.15, -0.1) is 0 Å². The molecule has 4 aromatic carbocycles. The van der Waals surface area contributed by atoms with Crippen molar-refractivity contribution in [2.45, 2.75) is 41.5 Å². The van der Waals surface area contributed by atoms with Crippen molar-refractivity contribution in [2.24, 2.45) is 0 Å². The fourth-order valence-electron chi connectivity index (χ4n) is 4.60. The molecular weight excluding hydrogens is 463 g/mol. The maximum absolute atomic E-state index is 14.1. The summed E-state index contributed by atoms with van der Waals surface area (Å²) < 4.78 is 14.1. The minimum absolute atomic E-state index is 0.154. The third-order valence-corrected chi connectivity index (χ3v) is 8.85. The zero-order valence-electron chi connectivity index (χ0n) is 21.7. The average Bonchev–Trinajstić information content (AvgIpc) is 2.87. The summed E-state index contributed by atoms with van der Waals surface area (Å²) in [6.07, 6.45) is 0. The van der Waals surface area contributed by atoms with Crippen molar-refractivity contribution in [3.63, 3.8) is 0 Å². The number of hydrogen-bond acceptors (Lipinski definition) is 3. The van der Waals surface area contributed by atoms with Gasteiger partial charge in [-0.25, -0.2) is 0 Å². The first-order valence-corrected chi connectivity index (χ1v) is 13.5. The third-order valence-electron chi connectivity index (χ3n) is 7.00. The number of benzene rings is 4. The molecule has 4 heteroatoms. The first kappa shape index (κ1) is 25.5. The number of carbonyl (C=O) groups excluding carboxylic acids is 2. The molecule has 0 amide bonds. The topological polar surface area (TPSA) is 51.2 Å². The molecule has 0 aliphatic heterocycles. The van der Waals surface area contributed by atoms with Crippen LogP contribution in [0.15, 0.2) is 72.8 Å². The number of aryl methyl sites for hydroxylation is 6. The van der Waals surface area contributed by atoms with Crippen LogP contribution in [-0.4, -0.2) is 11.6 Å². The summed E-state index contributed by atoms with van der Waals surface area (Å²) in [7, 11) is -2.66. The Hall–Kier alpha value is -3.55. The molecule has 182 valence electrons. The zero-order valence-corrected chi connectivity index (χ0v) is 22.7. The van der Waals surface area contributed by atoms with Gasteiger partial charge < -0.3 is 4.57 Å². The molecule has 0 N–H and O–H groups in total. The van der Waals surface area contributed by atoms with Gasteiger partial charge in [0.1, 0.15) is 7.80 Å². The van der Waals surface area contributed by atoms with Crippen LogP contribution in [0.1, 0.15) is 65.2 Å². The Balaban J connectivity index is 1.81. The van der Waals surface area contributed by atoms with Crippen LogP contribution in [0.3, 0.4) is 0 Å². The van der Waals surface area contributed by atoms with Gasteiger partial charge in [-0.05, 0) is 87.1 Å².